The first-order valence-electron chi connectivity index (χ1n) is 8.72. The lowest BCUT2D eigenvalue weighted by atomic mass is 10.1. The molecule has 1 aliphatic heterocycles. The van der Waals surface area contributed by atoms with Crippen molar-refractivity contribution in [2.24, 2.45) is 0 Å². The molecule has 1 aromatic carbocycles. The number of hydrogen-bond donors (Lipinski definition) is 1. The highest BCUT2D eigenvalue weighted by atomic mass is 16.2. The molecule has 1 amide bonds. The van der Waals surface area contributed by atoms with Crippen LogP contribution < -0.4 is 10.6 Å². The van der Waals surface area contributed by atoms with Gasteiger partial charge in [0.1, 0.15) is 0 Å². The van der Waals surface area contributed by atoms with E-state index in [0.29, 0.717) is 24.3 Å². The van der Waals surface area contributed by atoms with Gasteiger partial charge >= 0.3 is 5.69 Å². The highest BCUT2D eigenvalue weighted by Crippen LogP contribution is 2.24. The number of piperazine rings is 1. The molecule has 1 saturated heterocycles. The number of rotatable bonds is 2. The summed E-state index contributed by atoms with van der Waals surface area (Å²) in [5.41, 5.74) is 4.47. The fraction of sp³-hybridized carbons (Fsp3) is 0.316. The molecule has 26 heavy (non-hydrogen) atoms. The molecule has 2 aromatic heterocycles. The largest absolute Gasteiger partial charge is 0.368 e. The highest BCUT2D eigenvalue weighted by Gasteiger charge is 2.23. The third-order valence-corrected chi connectivity index (χ3v) is 5.14. The Balaban J connectivity index is 1.50. The second kappa shape index (κ2) is 6.33. The summed E-state index contributed by atoms with van der Waals surface area (Å²) in [7, 11) is 0. The van der Waals surface area contributed by atoms with E-state index in [4.69, 9.17) is 0 Å². The van der Waals surface area contributed by atoms with Gasteiger partial charge in [0.15, 0.2) is 5.65 Å². The van der Waals surface area contributed by atoms with E-state index in [1.165, 1.54) is 21.2 Å². The summed E-state index contributed by atoms with van der Waals surface area (Å²) >= 11 is 0. The zero-order chi connectivity index (χ0) is 18.3. The van der Waals surface area contributed by atoms with Crippen LogP contribution in [0.5, 0.6) is 0 Å². The lowest BCUT2D eigenvalue weighted by Crippen LogP contribution is -2.49. The van der Waals surface area contributed by atoms with Gasteiger partial charge in [-0.2, -0.15) is 5.10 Å². The van der Waals surface area contributed by atoms with Crippen molar-refractivity contribution in [2.75, 3.05) is 31.1 Å². The third kappa shape index (κ3) is 2.75. The molecule has 0 radical (unpaired) electrons. The number of nitrogens with zero attached hydrogens (tertiary/aromatic N) is 4. The lowest BCUT2D eigenvalue weighted by Gasteiger charge is -2.37. The van der Waals surface area contributed by atoms with Crippen LogP contribution in [0.2, 0.25) is 0 Å². The molecule has 1 N–H and O–H groups in total. The molecule has 0 atom stereocenters. The number of nitrogens with one attached hydrogen (secondary N) is 1. The van der Waals surface area contributed by atoms with Crippen LogP contribution in [-0.2, 0) is 0 Å². The van der Waals surface area contributed by atoms with Gasteiger partial charge in [-0.1, -0.05) is 12.1 Å². The van der Waals surface area contributed by atoms with Crippen LogP contribution in [0.4, 0.5) is 5.69 Å². The van der Waals surface area contributed by atoms with Gasteiger partial charge in [0.05, 0.1) is 5.56 Å². The summed E-state index contributed by atoms with van der Waals surface area (Å²) < 4.78 is 1.36. The van der Waals surface area contributed by atoms with Crippen molar-refractivity contribution in [1.82, 2.24) is 19.5 Å². The molecule has 7 nitrogen and oxygen atoms in total. The van der Waals surface area contributed by atoms with Crippen molar-refractivity contribution in [2.45, 2.75) is 13.8 Å². The number of aromatic nitrogens is 3. The van der Waals surface area contributed by atoms with Crippen LogP contribution in [0.15, 0.2) is 41.3 Å². The number of pyridine rings is 1. The lowest BCUT2D eigenvalue weighted by molar-refractivity contribution is 0.0746. The molecule has 0 bridgehead atoms. The first-order valence-corrected chi connectivity index (χ1v) is 8.72. The van der Waals surface area contributed by atoms with Crippen LogP contribution in [0.1, 0.15) is 21.5 Å². The number of fused-ring (bicyclic) bond motifs is 1. The molecule has 0 aliphatic carbocycles. The predicted molar refractivity (Wildman–Crippen MR) is 99.8 cm³/mol. The number of benzene rings is 1. The van der Waals surface area contributed by atoms with E-state index < -0.39 is 0 Å². The molecule has 7 heteroatoms. The van der Waals surface area contributed by atoms with Crippen molar-refractivity contribution in [3.63, 3.8) is 0 Å². The topological polar surface area (TPSA) is 73.7 Å². The Morgan fingerprint density at radius 3 is 2.62 bits per heavy atom. The number of amides is 1. The molecule has 0 spiro atoms. The zero-order valence-electron chi connectivity index (χ0n) is 14.9. The molecule has 1 fully saturated rings. The van der Waals surface area contributed by atoms with Crippen LogP contribution >= 0.6 is 0 Å². The summed E-state index contributed by atoms with van der Waals surface area (Å²) in [6, 6.07) is 9.73. The smallest absolute Gasteiger partial charge is 0.347 e. The van der Waals surface area contributed by atoms with Gasteiger partial charge in [-0.15, -0.1) is 0 Å². The highest BCUT2D eigenvalue weighted by molar-refractivity contribution is 5.94. The number of hydrogen-bond acceptors (Lipinski definition) is 4. The standard InChI is InChI=1S/C19H21N5O2/c1-13-4-3-5-16(14(13)2)22-8-10-23(11-9-22)18(25)15-6-7-17-20-21-19(26)24(17)12-15/h3-7,12H,8-11H2,1-2H3,(H,21,26). The predicted octanol–water partition coefficient (Wildman–Crippen LogP) is 1.60. The number of aromatic amines is 1. The maximum atomic E-state index is 12.8. The Morgan fingerprint density at radius 1 is 1.08 bits per heavy atom. The van der Waals surface area contributed by atoms with E-state index in [1.54, 1.807) is 18.3 Å². The molecular formula is C19H21N5O2. The van der Waals surface area contributed by atoms with Crippen LogP contribution in [0, 0.1) is 13.8 Å². The molecule has 3 heterocycles. The molecule has 1 aliphatic rings. The number of carbonyl (C=O) groups excluding carboxylic acids is 1. The Kier molecular flexibility index (Phi) is 3.99. The fourth-order valence-corrected chi connectivity index (χ4v) is 3.44. The average molecular weight is 351 g/mol. The molecule has 4 rings (SSSR count). The summed E-state index contributed by atoms with van der Waals surface area (Å²) in [6.45, 7) is 7.16. The Labute approximate surface area is 150 Å². The van der Waals surface area contributed by atoms with E-state index in [-0.39, 0.29) is 11.6 Å². The number of carbonyl (C=O) groups is 1. The minimum absolute atomic E-state index is 0.0550. The number of H-pyrrole nitrogens is 1. The van der Waals surface area contributed by atoms with Gasteiger partial charge in [0, 0.05) is 38.1 Å². The summed E-state index contributed by atoms with van der Waals surface area (Å²) in [4.78, 5) is 28.7. The fourth-order valence-electron chi connectivity index (χ4n) is 3.44. The van der Waals surface area contributed by atoms with E-state index in [9.17, 15) is 9.59 Å². The van der Waals surface area contributed by atoms with E-state index in [1.807, 2.05) is 4.90 Å². The van der Waals surface area contributed by atoms with Crippen molar-refractivity contribution in [1.29, 1.82) is 0 Å². The molecule has 0 unspecified atom stereocenters. The number of aryl methyl sites for hydroxylation is 1. The van der Waals surface area contributed by atoms with Gasteiger partial charge in [-0.05, 0) is 43.2 Å². The Bertz CT molecular complexity index is 1030. The van der Waals surface area contributed by atoms with Gasteiger partial charge in [0.2, 0.25) is 0 Å². The molecule has 3 aromatic rings. The zero-order valence-corrected chi connectivity index (χ0v) is 14.9. The monoisotopic (exact) mass is 351 g/mol. The maximum Gasteiger partial charge on any atom is 0.347 e. The summed E-state index contributed by atoms with van der Waals surface area (Å²) in [5, 5.41) is 6.27. The second-order valence-electron chi connectivity index (χ2n) is 6.67. The first-order chi connectivity index (χ1) is 12.5. The van der Waals surface area contributed by atoms with Crippen molar-refractivity contribution in [3.8, 4) is 0 Å². The van der Waals surface area contributed by atoms with Crippen LogP contribution in [0.3, 0.4) is 0 Å². The van der Waals surface area contributed by atoms with E-state index in [2.05, 4.69) is 47.1 Å². The van der Waals surface area contributed by atoms with Crippen LogP contribution in [0.25, 0.3) is 5.65 Å². The second-order valence-corrected chi connectivity index (χ2v) is 6.67. The Morgan fingerprint density at radius 2 is 1.85 bits per heavy atom. The first kappa shape index (κ1) is 16.4. The molecule has 134 valence electrons. The van der Waals surface area contributed by atoms with Crippen molar-refractivity contribution in [3.05, 3.63) is 63.7 Å². The maximum absolute atomic E-state index is 12.8. The van der Waals surface area contributed by atoms with Gasteiger partial charge in [0.25, 0.3) is 5.91 Å². The quantitative estimate of drug-likeness (QED) is 0.761. The van der Waals surface area contributed by atoms with Gasteiger partial charge in [-0.25, -0.2) is 14.3 Å². The average Bonchev–Trinajstić information content (AvgIpc) is 3.04. The number of anilines is 1. The van der Waals surface area contributed by atoms with Crippen LogP contribution in [-0.4, -0.2) is 51.6 Å². The minimum Gasteiger partial charge on any atom is -0.368 e. The van der Waals surface area contributed by atoms with E-state index in [0.717, 1.165) is 13.1 Å². The van der Waals surface area contributed by atoms with Gasteiger partial charge in [-0.3, -0.25) is 4.79 Å². The minimum atomic E-state index is -0.339. The molecular weight excluding hydrogens is 330 g/mol. The van der Waals surface area contributed by atoms with E-state index >= 15 is 0 Å². The van der Waals surface area contributed by atoms with Gasteiger partial charge < -0.3 is 9.80 Å². The van der Waals surface area contributed by atoms with Crippen molar-refractivity contribution >= 4 is 17.2 Å². The summed E-state index contributed by atoms with van der Waals surface area (Å²) in [5.74, 6) is -0.0550. The SMILES string of the molecule is Cc1cccc(N2CCN(C(=O)c3ccc4n[nH]c(=O)n4c3)CC2)c1C. The third-order valence-electron chi connectivity index (χ3n) is 5.14. The summed E-state index contributed by atoms with van der Waals surface area (Å²) in [6.07, 6.45) is 1.56. The normalized spacial score (nSPS) is 14.8. The Hall–Kier alpha value is -3.09. The molecule has 0 saturated carbocycles. The van der Waals surface area contributed by atoms with Crippen molar-refractivity contribution < 1.29 is 4.79 Å².